The fraction of sp³-hybridized carbons (Fsp3) is 0.514. The molecule has 0 N–H and O–H groups in total. The molecule has 2 aliphatic carbocycles. The van der Waals surface area contributed by atoms with Crippen LogP contribution in [0.3, 0.4) is 0 Å². The van der Waals surface area contributed by atoms with Gasteiger partial charge in [-0.05, 0) is 0 Å². The molecule has 192 valence electrons. The van der Waals surface area contributed by atoms with Gasteiger partial charge in [-0.3, -0.25) is 0 Å². The Morgan fingerprint density at radius 3 is 2.06 bits per heavy atom. The average molecular weight is 560 g/mol. The van der Waals surface area contributed by atoms with Crippen molar-refractivity contribution in [3.63, 3.8) is 0 Å². The van der Waals surface area contributed by atoms with Gasteiger partial charge in [0.1, 0.15) is 0 Å². The minimum absolute atomic E-state index is 0.140. The molecule has 0 fully saturated rings. The van der Waals surface area contributed by atoms with E-state index in [2.05, 4.69) is 119 Å². The van der Waals surface area contributed by atoms with Crippen LogP contribution in [0.2, 0.25) is 0 Å². The van der Waals surface area contributed by atoms with Gasteiger partial charge in [0.2, 0.25) is 0 Å². The van der Waals surface area contributed by atoms with Crippen LogP contribution < -0.4 is 3.27 Å². The van der Waals surface area contributed by atoms with Gasteiger partial charge in [-0.2, -0.15) is 0 Å². The molecule has 0 heterocycles. The fourth-order valence-electron chi connectivity index (χ4n) is 6.10. The zero-order valence-electron chi connectivity index (χ0n) is 24.9. The van der Waals surface area contributed by atoms with Crippen molar-refractivity contribution >= 4 is 6.48 Å². The molecule has 0 unspecified atom stereocenters. The third kappa shape index (κ3) is 5.30. The second-order valence-corrected chi connectivity index (χ2v) is 21.3. The molecule has 0 spiro atoms. The molecule has 0 nitrogen and oxygen atoms in total. The second-order valence-electron chi connectivity index (χ2n) is 14.1. The second kappa shape index (κ2) is 9.76. The molecule has 4 rings (SSSR count). The molecule has 0 saturated carbocycles. The summed E-state index contributed by atoms with van der Waals surface area (Å²) in [6, 6.07) is 12.5. The van der Waals surface area contributed by atoms with E-state index in [4.69, 9.17) is 0 Å². The van der Waals surface area contributed by atoms with E-state index in [1.54, 1.807) is 20.9 Å². The van der Waals surface area contributed by atoms with E-state index in [0.29, 0.717) is 0 Å². The van der Waals surface area contributed by atoms with Crippen LogP contribution in [0.1, 0.15) is 118 Å². The van der Waals surface area contributed by atoms with E-state index in [9.17, 15) is 0 Å². The van der Waals surface area contributed by atoms with Crippen molar-refractivity contribution < 1.29 is 21.3 Å². The van der Waals surface area contributed by atoms with Crippen molar-refractivity contribution in [3.8, 4) is 11.1 Å². The molecule has 0 radical (unpaired) electrons. The van der Waals surface area contributed by atoms with Gasteiger partial charge < -0.3 is 0 Å². The molecule has 1 heteroatoms. The number of allylic oxidation sites excluding steroid dienone is 4. The Kier molecular flexibility index (Phi) is 7.51. The van der Waals surface area contributed by atoms with E-state index in [0.717, 1.165) is 12.8 Å². The predicted octanol–water partition coefficient (Wildman–Crippen LogP) is 9.35. The Labute approximate surface area is 229 Å². The standard InChI is InChI=1S/C21H25.C11H17.C3H6.Zr/c1-20(2,3)16-9-7-14-11-15-8-10-17(21(4,5)6)13-19(15)18(14)12-16;1-4-9-11(2,3)10-7-5-6-8-10;1-3-2;/h7,9-10,12-13H,11H2,1-6H3;7-8H,4-5,9H2,1-3H3;1-2H3;. The molecule has 2 aromatic rings. The summed E-state index contributed by atoms with van der Waals surface area (Å²) in [5, 5.41) is 0. The van der Waals surface area contributed by atoms with E-state index >= 15 is 0 Å². The first kappa shape index (κ1) is 27.7. The molecule has 2 aliphatic rings. The van der Waals surface area contributed by atoms with Crippen LogP contribution in [0, 0.1) is 5.41 Å². The molecular formula is C35H48Zr. The topological polar surface area (TPSA) is 0 Å². The first-order valence-electron chi connectivity index (χ1n) is 14.0. The Bertz CT molecular complexity index is 1280. The normalized spacial score (nSPS) is 15.4. The van der Waals surface area contributed by atoms with Crippen LogP contribution in [0.5, 0.6) is 0 Å². The van der Waals surface area contributed by atoms with Gasteiger partial charge in [0.15, 0.2) is 0 Å². The van der Waals surface area contributed by atoms with E-state index in [1.165, 1.54) is 40.7 Å². The van der Waals surface area contributed by atoms with E-state index in [-0.39, 0.29) is 16.2 Å². The van der Waals surface area contributed by atoms with Gasteiger partial charge in [-0.15, -0.1) is 0 Å². The quantitative estimate of drug-likeness (QED) is 0.292. The Hall–Kier alpha value is -1.33. The molecule has 0 aromatic heterocycles. The summed E-state index contributed by atoms with van der Waals surface area (Å²) < 4.78 is 5.21. The molecule has 0 atom stereocenters. The number of hydrogen-bond acceptors (Lipinski definition) is 0. The summed E-state index contributed by atoms with van der Waals surface area (Å²) in [6.45, 7) is 26.2. The zero-order chi connectivity index (χ0) is 26.6. The minimum atomic E-state index is -2.20. The summed E-state index contributed by atoms with van der Waals surface area (Å²) in [7, 11) is 0. The molecule has 36 heavy (non-hydrogen) atoms. The van der Waals surface area contributed by atoms with Crippen LogP contribution >= 0.6 is 0 Å². The molecule has 0 aliphatic heterocycles. The summed E-state index contributed by atoms with van der Waals surface area (Å²) in [4.78, 5) is 0. The van der Waals surface area contributed by atoms with Gasteiger partial charge in [-0.25, -0.2) is 0 Å². The van der Waals surface area contributed by atoms with Crippen LogP contribution in [0.4, 0.5) is 0 Å². The van der Waals surface area contributed by atoms with Crippen molar-refractivity contribution in [2.75, 3.05) is 0 Å². The SMILES string of the molecule is CCCC(C)(C)C1=CC[C]([Zr](=[C](C)C)[c]2cc(C(C)(C)C)cc3c2Cc2ccc(C(C)(C)C)cc2-3)=C1. The Morgan fingerprint density at radius 2 is 1.47 bits per heavy atom. The van der Waals surface area contributed by atoms with Crippen molar-refractivity contribution in [2.24, 2.45) is 5.41 Å². The summed E-state index contributed by atoms with van der Waals surface area (Å²) in [6.07, 6.45) is 9.98. The van der Waals surface area contributed by atoms with E-state index < -0.39 is 21.3 Å². The molecule has 0 saturated heterocycles. The van der Waals surface area contributed by atoms with Gasteiger partial charge in [0.25, 0.3) is 0 Å². The molecule has 0 amide bonds. The molecule has 2 aromatic carbocycles. The molecule has 0 bridgehead atoms. The van der Waals surface area contributed by atoms with E-state index in [1.807, 2.05) is 0 Å². The fourth-order valence-corrected chi connectivity index (χ4v) is 13.4. The van der Waals surface area contributed by atoms with Crippen LogP contribution in [-0.2, 0) is 38.5 Å². The third-order valence-corrected chi connectivity index (χ3v) is 15.7. The average Bonchev–Trinajstić information content (AvgIpc) is 3.37. The summed E-state index contributed by atoms with van der Waals surface area (Å²) >= 11 is -2.20. The van der Waals surface area contributed by atoms with Crippen LogP contribution in [0.25, 0.3) is 11.1 Å². The third-order valence-electron chi connectivity index (χ3n) is 8.37. The number of rotatable bonds is 5. The van der Waals surface area contributed by atoms with Gasteiger partial charge in [0.05, 0.1) is 0 Å². The summed E-state index contributed by atoms with van der Waals surface area (Å²) in [5.74, 6) is 0. The van der Waals surface area contributed by atoms with Gasteiger partial charge in [-0.1, -0.05) is 0 Å². The van der Waals surface area contributed by atoms with Gasteiger partial charge >= 0.3 is 231 Å². The van der Waals surface area contributed by atoms with Gasteiger partial charge in [0, 0.05) is 0 Å². The molecular weight excluding hydrogens is 512 g/mol. The number of hydrogen-bond donors (Lipinski definition) is 0. The first-order chi connectivity index (χ1) is 16.6. The monoisotopic (exact) mass is 558 g/mol. The van der Waals surface area contributed by atoms with Crippen LogP contribution in [-0.4, -0.2) is 3.21 Å². The van der Waals surface area contributed by atoms with Crippen LogP contribution in [0.15, 0.2) is 51.3 Å². The number of benzene rings is 2. The maximum absolute atomic E-state index is 2.65. The summed E-state index contributed by atoms with van der Waals surface area (Å²) in [5.41, 5.74) is 11.3. The van der Waals surface area contributed by atoms with Crippen molar-refractivity contribution in [1.82, 2.24) is 0 Å². The Balaban J connectivity index is 1.91. The van der Waals surface area contributed by atoms with Crippen molar-refractivity contribution in [1.29, 1.82) is 0 Å². The number of fused-ring (bicyclic) bond motifs is 3. The Morgan fingerprint density at radius 1 is 0.833 bits per heavy atom. The maximum atomic E-state index is 2.65. The first-order valence-corrected chi connectivity index (χ1v) is 17.7. The zero-order valence-corrected chi connectivity index (χ0v) is 27.3. The van der Waals surface area contributed by atoms with Crippen molar-refractivity contribution in [2.45, 2.75) is 113 Å². The van der Waals surface area contributed by atoms with Crippen molar-refractivity contribution in [3.05, 3.63) is 73.6 Å². The predicted molar refractivity (Wildman–Crippen MR) is 158 cm³/mol.